The number of ether oxygens (including phenoxy) is 1. The van der Waals surface area contributed by atoms with E-state index in [1.807, 2.05) is 0 Å². The highest BCUT2D eigenvalue weighted by molar-refractivity contribution is 5.98. The average molecular weight is 246 g/mol. The monoisotopic (exact) mass is 246 g/mol. The van der Waals surface area contributed by atoms with Crippen molar-refractivity contribution in [1.29, 1.82) is 5.41 Å². The van der Waals surface area contributed by atoms with Crippen LogP contribution in [0.4, 0.5) is 0 Å². The van der Waals surface area contributed by atoms with Crippen LogP contribution < -0.4 is 5.73 Å². The van der Waals surface area contributed by atoms with Crippen LogP contribution in [0.5, 0.6) is 0 Å². The highest BCUT2D eigenvalue weighted by atomic mass is 16.5. The van der Waals surface area contributed by atoms with Crippen LogP contribution in [0.2, 0.25) is 0 Å². The molecule has 4 N–H and O–H groups in total. The van der Waals surface area contributed by atoms with Gasteiger partial charge in [-0.3, -0.25) is 10.2 Å². The van der Waals surface area contributed by atoms with Crippen molar-refractivity contribution in [2.24, 2.45) is 5.73 Å². The van der Waals surface area contributed by atoms with Crippen molar-refractivity contribution in [3.8, 4) is 0 Å². The maximum absolute atomic E-state index is 11.3. The SMILES string of the molecule is CCOC(=O)Cc1nc2ccc(C(=N)N)cc2[nH]1. The van der Waals surface area contributed by atoms with Crippen molar-refractivity contribution in [3.63, 3.8) is 0 Å². The fraction of sp³-hybridized carbons (Fsp3) is 0.250. The molecule has 2 aromatic rings. The Labute approximate surface area is 104 Å². The fourth-order valence-electron chi connectivity index (χ4n) is 1.66. The van der Waals surface area contributed by atoms with Crippen molar-refractivity contribution >= 4 is 22.8 Å². The number of amidine groups is 1. The maximum atomic E-state index is 11.3. The highest BCUT2D eigenvalue weighted by Gasteiger charge is 2.09. The Morgan fingerprint density at radius 2 is 2.33 bits per heavy atom. The number of carbonyl (C=O) groups is 1. The second kappa shape index (κ2) is 4.87. The normalized spacial score (nSPS) is 10.5. The Balaban J connectivity index is 2.27. The minimum atomic E-state index is -0.316. The van der Waals surface area contributed by atoms with Crippen LogP contribution in [0.15, 0.2) is 18.2 Å². The van der Waals surface area contributed by atoms with E-state index in [1.54, 1.807) is 25.1 Å². The quantitative estimate of drug-likeness (QED) is 0.424. The molecule has 1 aromatic carbocycles. The second-order valence-corrected chi connectivity index (χ2v) is 3.81. The number of carbonyl (C=O) groups excluding carboxylic acids is 1. The topological polar surface area (TPSA) is 105 Å². The van der Waals surface area contributed by atoms with Crippen LogP contribution in [-0.4, -0.2) is 28.4 Å². The first-order valence-electron chi connectivity index (χ1n) is 5.59. The smallest absolute Gasteiger partial charge is 0.313 e. The first-order chi connectivity index (χ1) is 8.60. The van der Waals surface area contributed by atoms with Crippen molar-refractivity contribution < 1.29 is 9.53 Å². The van der Waals surface area contributed by atoms with E-state index in [2.05, 4.69) is 9.97 Å². The molecule has 6 nitrogen and oxygen atoms in total. The number of hydrogen-bond acceptors (Lipinski definition) is 4. The predicted molar refractivity (Wildman–Crippen MR) is 67.4 cm³/mol. The molecule has 0 atom stereocenters. The number of rotatable bonds is 4. The molecule has 0 fully saturated rings. The summed E-state index contributed by atoms with van der Waals surface area (Å²) >= 11 is 0. The van der Waals surface area contributed by atoms with Gasteiger partial charge in [0.15, 0.2) is 0 Å². The molecular formula is C12H14N4O2. The Morgan fingerprint density at radius 3 is 3.00 bits per heavy atom. The molecule has 0 bridgehead atoms. The van der Waals surface area contributed by atoms with E-state index in [0.717, 1.165) is 11.0 Å². The van der Waals surface area contributed by atoms with E-state index in [0.29, 0.717) is 18.0 Å². The number of nitrogens with zero attached hydrogens (tertiary/aromatic N) is 1. The lowest BCUT2D eigenvalue weighted by Gasteiger charge is -1.97. The summed E-state index contributed by atoms with van der Waals surface area (Å²) in [6.07, 6.45) is 0.109. The lowest BCUT2D eigenvalue weighted by Crippen LogP contribution is -2.10. The number of esters is 1. The third kappa shape index (κ3) is 2.48. The molecule has 0 saturated heterocycles. The minimum Gasteiger partial charge on any atom is -0.466 e. The van der Waals surface area contributed by atoms with Crippen LogP contribution in [0, 0.1) is 5.41 Å². The molecule has 2 rings (SSSR count). The number of imidazole rings is 1. The van der Waals surface area contributed by atoms with Gasteiger partial charge in [-0.2, -0.15) is 0 Å². The molecule has 0 radical (unpaired) electrons. The van der Waals surface area contributed by atoms with Crippen molar-refractivity contribution in [3.05, 3.63) is 29.6 Å². The molecule has 0 unspecified atom stereocenters. The maximum Gasteiger partial charge on any atom is 0.313 e. The van der Waals surface area contributed by atoms with E-state index in [1.165, 1.54) is 0 Å². The van der Waals surface area contributed by atoms with Gasteiger partial charge in [0.1, 0.15) is 18.1 Å². The molecule has 1 heterocycles. The molecule has 0 aliphatic heterocycles. The van der Waals surface area contributed by atoms with Gasteiger partial charge in [0.2, 0.25) is 0 Å². The van der Waals surface area contributed by atoms with Crippen LogP contribution in [-0.2, 0) is 16.0 Å². The molecule has 0 amide bonds. The second-order valence-electron chi connectivity index (χ2n) is 3.81. The van der Waals surface area contributed by atoms with Crippen molar-refractivity contribution in [1.82, 2.24) is 9.97 Å². The summed E-state index contributed by atoms with van der Waals surface area (Å²) in [4.78, 5) is 18.6. The summed E-state index contributed by atoms with van der Waals surface area (Å²) in [6, 6.07) is 5.22. The molecule has 0 saturated carbocycles. The summed E-state index contributed by atoms with van der Waals surface area (Å²) < 4.78 is 4.85. The molecule has 0 spiro atoms. The first-order valence-corrected chi connectivity index (χ1v) is 5.59. The summed E-state index contributed by atoms with van der Waals surface area (Å²) in [7, 11) is 0. The lowest BCUT2D eigenvalue weighted by atomic mass is 10.2. The van der Waals surface area contributed by atoms with Crippen molar-refractivity contribution in [2.45, 2.75) is 13.3 Å². The van der Waals surface area contributed by atoms with Crippen LogP contribution in [0.3, 0.4) is 0 Å². The number of aromatic amines is 1. The number of nitrogen functional groups attached to an aromatic ring is 1. The van der Waals surface area contributed by atoms with Gasteiger partial charge in [0.05, 0.1) is 17.6 Å². The molecule has 6 heteroatoms. The summed E-state index contributed by atoms with van der Waals surface area (Å²) in [5.74, 6) is 0.228. The molecule has 0 aliphatic rings. The Kier molecular flexibility index (Phi) is 3.27. The van der Waals surface area contributed by atoms with Gasteiger partial charge in [0.25, 0.3) is 0 Å². The minimum absolute atomic E-state index is 0.00144. The van der Waals surface area contributed by atoms with Gasteiger partial charge in [0, 0.05) is 5.56 Å². The Hall–Kier alpha value is -2.37. The third-order valence-electron chi connectivity index (χ3n) is 2.46. The highest BCUT2D eigenvalue weighted by Crippen LogP contribution is 2.14. The number of nitrogens with one attached hydrogen (secondary N) is 2. The van der Waals surface area contributed by atoms with E-state index >= 15 is 0 Å². The number of hydrogen-bond donors (Lipinski definition) is 3. The van der Waals surface area contributed by atoms with Crippen molar-refractivity contribution in [2.75, 3.05) is 6.61 Å². The zero-order valence-corrected chi connectivity index (χ0v) is 9.99. The number of fused-ring (bicyclic) bond motifs is 1. The van der Waals surface area contributed by atoms with Gasteiger partial charge in [-0.1, -0.05) is 0 Å². The zero-order valence-electron chi connectivity index (χ0n) is 9.99. The first kappa shape index (κ1) is 12.1. The zero-order chi connectivity index (χ0) is 13.1. The van der Waals surface area contributed by atoms with Crippen LogP contribution >= 0.6 is 0 Å². The summed E-state index contributed by atoms with van der Waals surface area (Å²) in [6.45, 7) is 2.11. The van der Waals surface area contributed by atoms with Gasteiger partial charge >= 0.3 is 5.97 Å². The summed E-state index contributed by atoms with van der Waals surface area (Å²) in [5.41, 5.74) is 7.51. The molecular weight excluding hydrogens is 232 g/mol. The van der Waals surface area contributed by atoms with E-state index in [-0.39, 0.29) is 18.2 Å². The fourth-order valence-corrected chi connectivity index (χ4v) is 1.66. The standard InChI is InChI=1S/C12H14N4O2/c1-2-18-11(17)6-10-15-8-4-3-7(12(13)14)5-9(8)16-10/h3-5H,2,6H2,1H3,(H3,13,14)(H,15,16). The lowest BCUT2D eigenvalue weighted by molar-refractivity contribution is -0.142. The molecule has 18 heavy (non-hydrogen) atoms. The van der Waals surface area contributed by atoms with Gasteiger partial charge in [-0.25, -0.2) is 4.98 Å². The van der Waals surface area contributed by atoms with E-state index in [4.69, 9.17) is 15.9 Å². The van der Waals surface area contributed by atoms with Crippen LogP contribution in [0.1, 0.15) is 18.3 Å². The molecule has 94 valence electrons. The van der Waals surface area contributed by atoms with Gasteiger partial charge < -0.3 is 15.5 Å². The average Bonchev–Trinajstić information content (AvgIpc) is 2.69. The largest absolute Gasteiger partial charge is 0.466 e. The van der Waals surface area contributed by atoms with Gasteiger partial charge in [-0.05, 0) is 25.1 Å². The van der Waals surface area contributed by atoms with Gasteiger partial charge in [-0.15, -0.1) is 0 Å². The number of nitrogens with two attached hydrogens (primary N) is 1. The van der Waals surface area contributed by atoms with Crippen LogP contribution in [0.25, 0.3) is 11.0 Å². The predicted octanol–water partition coefficient (Wildman–Crippen LogP) is 0.953. The molecule has 1 aromatic heterocycles. The molecule has 0 aliphatic carbocycles. The summed E-state index contributed by atoms with van der Waals surface area (Å²) in [5, 5.41) is 7.35. The van der Waals surface area contributed by atoms with E-state index < -0.39 is 0 Å². The van der Waals surface area contributed by atoms with E-state index in [9.17, 15) is 4.79 Å². The number of H-pyrrole nitrogens is 1. The third-order valence-corrected chi connectivity index (χ3v) is 2.46. The number of benzene rings is 1. The Morgan fingerprint density at radius 1 is 1.56 bits per heavy atom. The Bertz CT molecular complexity index is 603. The number of aromatic nitrogens is 2.